The molecule has 2 aliphatic rings. The number of hydrogen-bond donors (Lipinski definition) is 1. The fourth-order valence-corrected chi connectivity index (χ4v) is 5.04. The van der Waals surface area contributed by atoms with E-state index in [1.807, 2.05) is 12.1 Å². The Labute approximate surface area is 157 Å². The van der Waals surface area contributed by atoms with E-state index < -0.39 is 0 Å². The lowest BCUT2D eigenvalue weighted by Gasteiger charge is -2.51. The molecule has 2 atom stereocenters. The highest BCUT2D eigenvalue weighted by Gasteiger charge is 2.45. The first kappa shape index (κ1) is 17.4. The number of allylic oxidation sites excluding steroid dienone is 2. The molecular formula is C24H29NO. The van der Waals surface area contributed by atoms with Crippen LogP contribution in [0, 0.1) is 5.92 Å². The lowest BCUT2D eigenvalue weighted by molar-refractivity contribution is 0.0879. The second-order valence-corrected chi connectivity index (χ2v) is 7.98. The Balaban J connectivity index is 1.66. The fourth-order valence-electron chi connectivity index (χ4n) is 5.04. The minimum Gasteiger partial charge on any atom is -0.508 e. The lowest BCUT2D eigenvalue weighted by atomic mass is 9.59. The molecule has 4 rings (SSSR count). The summed E-state index contributed by atoms with van der Waals surface area (Å²) >= 11 is 0. The molecule has 0 radical (unpaired) electrons. The number of rotatable bonds is 4. The molecule has 1 aliphatic carbocycles. The summed E-state index contributed by atoms with van der Waals surface area (Å²) in [7, 11) is 0. The van der Waals surface area contributed by atoms with Gasteiger partial charge in [0.2, 0.25) is 0 Å². The van der Waals surface area contributed by atoms with E-state index in [-0.39, 0.29) is 5.41 Å². The Morgan fingerprint density at radius 1 is 1.12 bits per heavy atom. The molecule has 0 saturated carbocycles. The molecule has 2 aromatic carbocycles. The summed E-state index contributed by atoms with van der Waals surface area (Å²) in [6.07, 6.45) is 6.99. The number of aromatic hydroxyl groups is 1. The monoisotopic (exact) mass is 347 g/mol. The number of nitrogens with zero attached hydrogens (tertiary/aromatic N) is 1. The zero-order valence-corrected chi connectivity index (χ0v) is 15.7. The molecule has 2 aromatic rings. The number of piperidine rings is 1. The zero-order valence-electron chi connectivity index (χ0n) is 15.7. The van der Waals surface area contributed by atoms with Crippen molar-refractivity contribution in [1.82, 2.24) is 4.90 Å². The van der Waals surface area contributed by atoms with Crippen LogP contribution in [0.15, 0.2) is 66.2 Å². The summed E-state index contributed by atoms with van der Waals surface area (Å²) in [4.78, 5) is 2.59. The predicted molar refractivity (Wildman–Crippen MR) is 107 cm³/mol. The predicted octanol–water partition coefficient (Wildman–Crippen LogP) is 4.93. The van der Waals surface area contributed by atoms with Gasteiger partial charge in [-0.25, -0.2) is 0 Å². The van der Waals surface area contributed by atoms with E-state index in [1.165, 1.54) is 24.1 Å². The molecule has 0 unspecified atom stereocenters. The number of phenols is 1. The highest BCUT2D eigenvalue weighted by molar-refractivity contribution is 5.38. The van der Waals surface area contributed by atoms with Crippen molar-refractivity contribution in [3.05, 3.63) is 77.4 Å². The topological polar surface area (TPSA) is 23.5 Å². The van der Waals surface area contributed by atoms with Crippen LogP contribution >= 0.6 is 0 Å². The largest absolute Gasteiger partial charge is 0.508 e. The number of hydrogen-bond acceptors (Lipinski definition) is 2. The number of likely N-dealkylation sites (tertiary alicyclic amines) is 1. The Morgan fingerprint density at radius 2 is 1.96 bits per heavy atom. The third-order valence-corrected chi connectivity index (χ3v) is 6.51. The summed E-state index contributed by atoms with van der Waals surface area (Å²) in [6, 6.07) is 18.9. The van der Waals surface area contributed by atoms with Crippen molar-refractivity contribution >= 4 is 0 Å². The van der Waals surface area contributed by atoms with E-state index in [0.717, 1.165) is 32.4 Å². The summed E-state index contributed by atoms with van der Waals surface area (Å²) in [6.45, 7) is 5.72. The minimum atomic E-state index is 0.170. The van der Waals surface area contributed by atoms with Crippen LogP contribution in [0.3, 0.4) is 0 Å². The first-order valence-electron chi connectivity index (χ1n) is 9.93. The molecule has 0 spiro atoms. The molecule has 0 bridgehead atoms. The van der Waals surface area contributed by atoms with Crippen molar-refractivity contribution in [3.8, 4) is 5.75 Å². The van der Waals surface area contributed by atoms with Crippen LogP contribution in [-0.4, -0.2) is 29.6 Å². The molecule has 1 N–H and O–H groups in total. The quantitative estimate of drug-likeness (QED) is 0.792. The SMILES string of the molecule is CCN1CC[C@]2(c3cccc(O)c3)CC(Cc3ccccc3)=CC[C@H]2C1. The van der Waals surface area contributed by atoms with Gasteiger partial charge in [-0.15, -0.1) is 0 Å². The molecule has 0 amide bonds. The van der Waals surface area contributed by atoms with Crippen LogP contribution in [0.1, 0.15) is 37.3 Å². The normalized spacial score (nSPS) is 26.2. The van der Waals surface area contributed by atoms with Gasteiger partial charge in [-0.3, -0.25) is 0 Å². The van der Waals surface area contributed by atoms with Crippen LogP contribution in [0.4, 0.5) is 0 Å². The van der Waals surface area contributed by atoms with E-state index in [2.05, 4.69) is 54.3 Å². The molecule has 1 heterocycles. The van der Waals surface area contributed by atoms with Crippen LogP contribution in [-0.2, 0) is 11.8 Å². The highest BCUT2D eigenvalue weighted by Crippen LogP contribution is 2.49. The van der Waals surface area contributed by atoms with Gasteiger partial charge < -0.3 is 10.0 Å². The maximum Gasteiger partial charge on any atom is 0.115 e. The van der Waals surface area contributed by atoms with Crippen LogP contribution in [0.2, 0.25) is 0 Å². The van der Waals surface area contributed by atoms with Crippen molar-refractivity contribution in [2.75, 3.05) is 19.6 Å². The van der Waals surface area contributed by atoms with E-state index >= 15 is 0 Å². The molecule has 1 aliphatic heterocycles. The number of benzene rings is 2. The van der Waals surface area contributed by atoms with Crippen molar-refractivity contribution in [2.45, 2.75) is 38.0 Å². The Kier molecular flexibility index (Phi) is 4.86. The van der Waals surface area contributed by atoms with Crippen molar-refractivity contribution in [2.24, 2.45) is 5.92 Å². The second-order valence-electron chi connectivity index (χ2n) is 7.98. The number of phenolic OH excluding ortho intramolecular Hbond substituents is 1. The smallest absolute Gasteiger partial charge is 0.115 e. The Bertz CT molecular complexity index is 782. The van der Waals surface area contributed by atoms with Gasteiger partial charge in [0.1, 0.15) is 5.75 Å². The first-order valence-corrected chi connectivity index (χ1v) is 9.93. The maximum absolute atomic E-state index is 10.1. The standard InChI is InChI=1S/C24H29NO/c1-2-25-14-13-24(21-9-6-10-23(26)16-21)17-20(11-12-22(24)18-25)15-19-7-4-3-5-8-19/h3-11,16,22,26H,2,12-15,17-18H2,1H3/t22-,24+/m0/s1. The van der Waals surface area contributed by atoms with Gasteiger partial charge in [0, 0.05) is 12.0 Å². The molecule has 1 fully saturated rings. The first-order chi connectivity index (χ1) is 12.7. The Hall–Kier alpha value is -2.06. The van der Waals surface area contributed by atoms with Crippen LogP contribution in [0.5, 0.6) is 5.75 Å². The minimum absolute atomic E-state index is 0.170. The van der Waals surface area contributed by atoms with Gasteiger partial charge in [-0.1, -0.05) is 61.0 Å². The summed E-state index contributed by atoms with van der Waals surface area (Å²) in [5, 5.41) is 10.1. The average Bonchev–Trinajstić information content (AvgIpc) is 2.68. The molecular weight excluding hydrogens is 318 g/mol. The van der Waals surface area contributed by atoms with Crippen LogP contribution in [0.25, 0.3) is 0 Å². The van der Waals surface area contributed by atoms with Gasteiger partial charge in [0.15, 0.2) is 0 Å². The second kappa shape index (κ2) is 7.28. The summed E-state index contributed by atoms with van der Waals surface area (Å²) in [5.41, 5.74) is 4.45. The van der Waals surface area contributed by atoms with Gasteiger partial charge in [0.05, 0.1) is 0 Å². The molecule has 136 valence electrons. The van der Waals surface area contributed by atoms with Gasteiger partial charge >= 0.3 is 0 Å². The molecule has 1 saturated heterocycles. The average molecular weight is 348 g/mol. The van der Waals surface area contributed by atoms with Gasteiger partial charge in [-0.05, 0) is 68.0 Å². The molecule has 2 heteroatoms. The van der Waals surface area contributed by atoms with Crippen molar-refractivity contribution < 1.29 is 5.11 Å². The highest BCUT2D eigenvalue weighted by atomic mass is 16.3. The maximum atomic E-state index is 10.1. The summed E-state index contributed by atoms with van der Waals surface area (Å²) in [5.74, 6) is 1.03. The molecule has 2 nitrogen and oxygen atoms in total. The molecule has 0 aromatic heterocycles. The van der Waals surface area contributed by atoms with E-state index in [0.29, 0.717) is 11.7 Å². The zero-order chi connectivity index (χ0) is 18.0. The van der Waals surface area contributed by atoms with E-state index in [9.17, 15) is 5.11 Å². The van der Waals surface area contributed by atoms with E-state index in [4.69, 9.17) is 0 Å². The number of fused-ring (bicyclic) bond motifs is 1. The summed E-state index contributed by atoms with van der Waals surface area (Å²) < 4.78 is 0. The van der Waals surface area contributed by atoms with Crippen molar-refractivity contribution in [1.29, 1.82) is 0 Å². The lowest BCUT2D eigenvalue weighted by Crippen LogP contribution is -2.51. The third kappa shape index (κ3) is 3.31. The third-order valence-electron chi connectivity index (χ3n) is 6.51. The van der Waals surface area contributed by atoms with Crippen LogP contribution < -0.4 is 0 Å². The van der Waals surface area contributed by atoms with Gasteiger partial charge in [-0.2, -0.15) is 0 Å². The fraction of sp³-hybridized carbons (Fsp3) is 0.417. The van der Waals surface area contributed by atoms with E-state index in [1.54, 1.807) is 11.6 Å². The molecule has 26 heavy (non-hydrogen) atoms. The van der Waals surface area contributed by atoms with Crippen molar-refractivity contribution in [3.63, 3.8) is 0 Å². The Morgan fingerprint density at radius 3 is 2.73 bits per heavy atom. The van der Waals surface area contributed by atoms with Gasteiger partial charge in [0.25, 0.3) is 0 Å².